The fourth-order valence-electron chi connectivity index (χ4n) is 1.89. The van der Waals surface area contributed by atoms with Crippen LogP contribution in [0.15, 0.2) is 42.6 Å². The summed E-state index contributed by atoms with van der Waals surface area (Å²) in [6.07, 6.45) is 2.87. The zero-order chi connectivity index (χ0) is 13.2. The van der Waals surface area contributed by atoms with Crippen LogP contribution in [-0.2, 0) is 16.6 Å². The van der Waals surface area contributed by atoms with Crippen molar-refractivity contribution in [3.8, 4) is 11.3 Å². The van der Waals surface area contributed by atoms with Crippen LogP contribution in [0.25, 0.3) is 11.3 Å². The Bertz CT molecular complexity index is 631. The second-order valence-corrected chi connectivity index (χ2v) is 6.05. The van der Waals surface area contributed by atoms with Crippen LogP contribution in [0.4, 0.5) is 0 Å². The molecule has 0 saturated heterocycles. The summed E-state index contributed by atoms with van der Waals surface area (Å²) >= 11 is 0. The average Bonchev–Trinajstić information content (AvgIpc) is 2.75. The molecule has 4 nitrogen and oxygen atoms in total. The quantitative estimate of drug-likeness (QED) is 0.935. The molecule has 1 N–H and O–H groups in total. The molecule has 0 unspecified atom stereocenters. The van der Waals surface area contributed by atoms with Gasteiger partial charge in [-0.15, -0.1) is 0 Å². The first-order valence-corrected chi connectivity index (χ1v) is 7.49. The van der Waals surface area contributed by atoms with Crippen molar-refractivity contribution in [1.82, 2.24) is 9.29 Å². The molecule has 0 bridgehead atoms. The first-order chi connectivity index (χ1) is 8.52. The number of rotatable bonds is 4. The van der Waals surface area contributed by atoms with Crippen molar-refractivity contribution in [3.63, 3.8) is 0 Å². The molecule has 2 aromatic rings. The number of nitrogens with one attached hydrogen (secondary N) is 1. The highest BCUT2D eigenvalue weighted by molar-refractivity contribution is 7.89. The van der Waals surface area contributed by atoms with E-state index in [-0.39, 0.29) is 7.43 Å². The van der Waals surface area contributed by atoms with E-state index in [1.54, 1.807) is 6.20 Å². The van der Waals surface area contributed by atoms with Gasteiger partial charge in [-0.05, 0) is 24.2 Å². The topological polar surface area (TPSA) is 51.1 Å². The molecule has 0 fully saturated rings. The molecule has 19 heavy (non-hydrogen) atoms. The van der Waals surface area contributed by atoms with Crippen molar-refractivity contribution in [1.29, 1.82) is 0 Å². The van der Waals surface area contributed by atoms with Gasteiger partial charge in [0.15, 0.2) is 0 Å². The Hall–Kier alpha value is -1.59. The van der Waals surface area contributed by atoms with E-state index in [9.17, 15) is 8.42 Å². The van der Waals surface area contributed by atoms with Crippen molar-refractivity contribution in [2.75, 3.05) is 13.3 Å². The van der Waals surface area contributed by atoms with E-state index >= 15 is 0 Å². The van der Waals surface area contributed by atoms with Crippen molar-refractivity contribution >= 4 is 10.0 Å². The maximum Gasteiger partial charge on any atom is 0.236 e. The van der Waals surface area contributed by atoms with E-state index in [2.05, 4.69) is 5.32 Å². The molecule has 0 aliphatic rings. The fourth-order valence-corrected chi connectivity index (χ4v) is 2.73. The Labute approximate surface area is 115 Å². The van der Waals surface area contributed by atoms with Gasteiger partial charge in [-0.2, -0.15) is 0 Å². The molecular weight excluding hydrogens is 260 g/mol. The summed E-state index contributed by atoms with van der Waals surface area (Å²) in [5, 5.41) is 3.02. The van der Waals surface area contributed by atoms with Crippen LogP contribution in [0.1, 0.15) is 13.0 Å². The Morgan fingerprint density at radius 3 is 2.37 bits per heavy atom. The average molecular weight is 280 g/mol. The number of aromatic nitrogens is 1. The van der Waals surface area contributed by atoms with E-state index in [0.717, 1.165) is 11.1 Å². The number of hydrogen-bond acceptors (Lipinski definition) is 3. The van der Waals surface area contributed by atoms with Crippen LogP contribution in [-0.4, -0.2) is 25.7 Å². The SMILES string of the molecule is C.CNCc1cc(-c2ccccc2)n(S(C)(=O)=O)c1. The monoisotopic (exact) mass is 280 g/mol. The predicted molar refractivity (Wildman–Crippen MR) is 79.6 cm³/mol. The lowest BCUT2D eigenvalue weighted by Gasteiger charge is -2.06. The van der Waals surface area contributed by atoms with Crippen LogP contribution in [0.2, 0.25) is 0 Å². The highest BCUT2D eigenvalue weighted by Crippen LogP contribution is 2.23. The Kier molecular flexibility index (Phi) is 4.91. The van der Waals surface area contributed by atoms with E-state index in [1.807, 2.05) is 43.4 Å². The third kappa shape index (κ3) is 3.45. The molecular formula is C14H20N2O2S. The third-order valence-electron chi connectivity index (χ3n) is 2.65. The molecule has 0 aliphatic carbocycles. The summed E-state index contributed by atoms with van der Waals surface area (Å²) in [4.78, 5) is 0. The molecule has 2 rings (SSSR count). The minimum absolute atomic E-state index is 0. The molecule has 1 heterocycles. The highest BCUT2D eigenvalue weighted by Gasteiger charge is 2.14. The van der Waals surface area contributed by atoms with Crippen LogP contribution < -0.4 is 5.32 Å². The molecule has 104 valence electrons. The molecule has 0 amide bonds. The molecule has 5 heteroatoms. The standard InChI is InChI=1S/C13H16N2O2S.CH4/c1-14-9-11-8-13(12-6-4-3-5-7-12)15(10-11)18(2,16)17;/h3-8,10,14H,9H2,1-2H3;1H4. The largest absolute Gasteiger partial charge is 0.316 e. The van der Waals surface area contributed by atoms with E-state index in [1.165, 1.54) is 10.2 Å². The van der Waals surface area contributed by atoms with Crippen molar-refractivity contribution in [2.45, 2.75) is 14.0 Å². The summed E-state index contributed by atoms with van der Waals surface area (Å²) in [6.45, 7) is 0.641. The molecule has 0 saturated carbocycles. The van der Waals surface area contributed by atoms with Crippen LogP contribution in [0.3, 0.4) is 0 Å². The summed E-state index contributed by atoms with van der Waals surface area (Å²) in [7, 11) is -1.46. The Morgan fingerprint density at radius 1 is 1.21 bits per heavy atom. The van der Waals surface area contributed by atoms with Gasteiger partial charge in [0.25, 0.3) is 0 Å². The van der Waals surface area contributed by atoms with Gasteiger partial charge < -0.3 is 5.32 Å². The van der Waals surface area contributed by atoms with Gasteiger partial charge in [0.2, 0.25) is 10.0 Å². The summed E-state index contributed by atoms with van der Waals surface area (Å²) in [5.41, 5.74) is 2.54. The fraction of sp³-hybridized carbons (Fsp3) is 0.286. The maximum atomic E-state index is 11.8. The lowest BCUT2D eigenvalue weighted by molar-refractivity contribution is 0.594. The molecule has 0 aliphatic heterocycles. The highest BCUT2D eigenvalue weighted by atomic mass is 32.2. The van der Waals surface area contributed by atoms with Crippen LogP contribution in [0, 0.1) is 0 Å². The smallest absolute Gasteiger partial charge is 0.236 e. The van der Waals surface area contributed by atoms with Crippen LogP contribution >= 0.6 is 0 Å². The van der Waals surface area contributed by atoms with Gasteiger partial charge in [-0.25, -0.2) is 12.4 Å². The zero-order valence-electron chi connectivity index (χ0n) is 10.4. The Balaban J connectivity index is 0.00000180. The first-order valence-electron chi connectivity index (χ1n) is 5.64. The summed E-state index contributed by atoms with van der Waals surface area (Å²) < 4.78 is 24.9. The van der Waals surface area contributed by atoms with Gasteiger partial charge in [0, 0.05) is 12.7 Å². The van der Waals surface area contributed by atoms with Gasteiger partial charge in [0.05, 0.1) is 11.9 Å². The number of benzene rings is 1. The maximum absolute atomic E-state index is 11.8. The van der Waals surface area contributed by atoms with Crippen molar-refractivity contribution < 1.29 is 8.42 Å². The summed E-state index contributed by atoms with van der Waals surface area (Å²) in [6, 6.07) is 11.4. The van der Waals surface area contributed by atoms with E-state index < -0.39 is 10.0 Å². The van der Waals surface area contributed by atoms with E-state index in [4.69, 9.17) is 0 Å². The zero-order valence-corrected chi connectivity index (χ0v) is 11.2. The van der Waals surface area contributed by atoms with Gasteiger partial charge in [0.1, 0.15) is 0 Å². The second kappa shape index (κ2) is 6.04. The normalized spacial score (nSPS) is 11.1. The number of nitrogens with zero attached hydrogens (tertiary/aromatic N) is 1. The summed E-state index contributed by atoms with van der Waals surface area (Å²) in [5.74, 6) is 0. The molecule has 0 spiro atoms. The lowest BCUT2D eigenvalue weighted by Crippen LogP contribution is -2.10. The van der Waals surface area contributed by atoms with Gasteiger partial charge in [-0.1, -0.05) is 37.8 Å². The van der Waals surface area contributed by atoms with Crippen molar-refractivity contribution in [3.05, 3.63) is 48.2 Å². The van der Waals surface area contributed by atoms with Gasteiger partial charge >= 0.3 is 0 Å². The lowest BCUT2D eigenvalue weighted by atomic mass is 10.1. The second-order valence-electron chi connectivity index (χ2n) is 4.19. The van der Waals surface area contributed by atoms with Crippen molar-refractivity contribution in [2.24, 2.45) is 0 Å². The molecule has 0 radical (unpaired) electrons. The van der Waals surface area contributed by atoms with E-state index in [0.29, 0.717) is 12.2 Å². The van der Waals surface area contributed by atoms with Crippen LogP contribution in [0.5, 0.6) is 0 Å². The first kappa shape index (κ1) is 15.5. The number of hydrogen-bond donors (Lipinski definition) is 1. The molecule has 0 atom stereocenters. The minimum Gasteiger partial charge on any atom is -0.316 e. The predicted octanol–water partition coefficient (Wildman–Crippen LogP) is 2.32. The van der Waals surface area contributed by atoms with Gasteiger partial charge in [-0.3, -0.25) is 0 Å². The third-order valence-corrected chi connectivity index (χ3v) is 3.67. The molecule has 1 aromatic heterocycles. The molecule has 1 aromatic carbocycles. The minimum atomic E-state index is -3.29. The Morgan fingerprint density at radius 2 is 1.84 bits per heavy atom.